The van der Waals surface area contributed by atoms with Gasteiger partial charge in [0.1, 0.15) is 0 Å². The minimum atomic E-state index is 0.393. The predicted octanol–water partition coefficient (Wildman–Crippen LogP) is 2.57. The highest BCUT2D eigenvalue weighted by molar-refractivity contribution is 7.99. The van der Waals surface area contributed by atoms with Crippen molar-refractivity contribution in [3.8, 4) is 0 Å². The summed E-state index contributed by atoms with van der Waals surface area (Å²) in [4.78, 5) is 4.55. The first-order valence-corrected chi connectivity index (χ1v) is 8.02. The molecule has 1 atom stereocenters. The van der Waals surface area contributed by atoms with E-state index in [1.54, 1.807) is 0 Å². The first kappa shape index (κ1) is 12.5. The van der Waals surface area contributed by atoms with Gasteiger partial charge in [0.2, 0.25) is 5.89 Å². The fourth-order valence-electron chi connectivity index (χ4n) is 2.62. The van der Waals surface area contributed by atoms with Crippen LogP contribution in [-0.4, -0.2) is 28.5 Å². The molecule has 1 aliphatic heterocycles. The Kier molecular flexibility index (Phi) is 3.89. The second-order valence-corrected chi connectivity index (χ2v) is 6.76. The van der Waals surface area contributed by atoms with Crippen LogP contribution in [0.5, 0.6) is 0 Å². The Balaban J connectivity index is 1.52. The summed E-state index contributed by atoms with van der Waals surface area (Å²) in [6.07, 6.45) is 5.50. The number of nitrogens with zero attached hydrogens (tertiary/aromatic N) is 2. The fourth-order valence-corrected chi connectivity index (χ4v) is 3.79. The molecule has 1 aromatic heterocycles. The van der Waals surface area contributed by atoms with E-state index in [2.05, 4.69) is 22.4 Å². The molecule has 4 nitrogen and oxygen atoms in total. The van der Waals surface area contributed by atoms with Gasteiger partial charge in [-0.2, -0.15) is 16.7 Å². The first-order valence-electron chi connectivity index (χ1n) is 6.97. The molecule has 3 rings (SSSR count). The van der Waals surface area contributed by atoms with Gasteiger partial charge in [0.15, 0.2) is 5.82 Å². The molecule has 1 aromatic rings. The molecule has 0 bridgehead atoms. The van der Waals surface area contributed by atoms with Gasteiger partial charge in [-0.3, -0.25) is 0 Å². The summed E-state index contributed by atoms with van der Waals surface area (Å²) in [5.41, 5.74) is 0. The monoisotopic (exact) mass is 267 g/mol. The lowest BCUT2D eigenvalue weighted by atomic mass is 9.89. The first-order chi connectivity index (χ1) is 8.83. The van der Waals surface area contributed by atoms with E-state index in [1.165, 1.54) is 25.7 Å². The van der Waals surface area contributed by atoms with E-state index >= 15 is 0 Å². The minimum absolute atomic E-state index is 0.393. The number of rotatable bonds is 5. The van der Waals surface area contributed by atoms with E-state index in [4.69, 9.17) is 4.52 Å². The van der Waals surface area contributed by atoms with Gasteiger partial charge < -0.3 is 9.84 Å². The normalized spacial score (nSPS) is 23.2. The van der Waals surface area contributed by atoms with E-state index in [0.717, 1.165) is 35.8 Å². The van der Waals surface area contributed by atoms with E-state index in [-0.39, 0.29) is 0 Å². The molecule has 2 heterocycles. The lowest BCUT2D eigenvalue weighted by Crippen LogP contribution is -2.44. The van der Waals surface area contributed by atoms with Crippen molar-refractivity contribution in [3.63, 3.8) is 0 Å². The zero-order valence-electron chi connectivity index (χ0n) is 10.9. The molecule has 5 heteroatoms. The Hall–Kier alpha value is -0.550. The molecule has 18 heavy (non-hydrogen) atoms. The van der Waals surface area contributed by atoms with Crippen molar-refractivity contribution in [2.24, 2.45) is 5.92 Å². The summed E-state index contributed by atoms with van der Waals surface area (Å²) in [6, 6.07) is 0. The van der Waals surface area contributed by atoms with Crippen LogP contribution >= 0.6 is 11.8 Å². The summed E-state index contributed by atoms with van der Waals surface area (Å²) in [7, 11) is 0. The zero-order valence-corrected chi connectivity index (χ0v) is 11.7. The van der Waals surface area contributed by atoms with E-state index in [9.17, 15) is 0 Å². The number of aromatic nitrogens is 2. The van der Waals surface area contributed by atoms with Crippen molar-refractivity contribution in [2.75, 3.05) is 13.1 Å². The predicted molar refractivity (Wildman–Crippen MR) is 72.6 cm³/mol. The second-order valence-electron chi connectivity index (χ2n) is 5.47. The standard InChI is InChI=1S/C13H21N3OS/c1-9(10-6-14-7-10)13-15-12(16-17-13)8-18-11-4-2-3-5-11/h9-11,14H,2-8H2,1H3. The maximum atomic E-state index is 5.40. The van der Waals surface area contributed by atoms with E-state index in [1.807, 2.05) is 11.8 Å². The summed E-state index contributed by atoms with van der Waals surface area (Å²) in [6.45, 7) is 4.35. The Morgan fingerprint density at radius 2 is 2.17 bits per heavy atom. The molecule has 2 fully saturated rings. The summed E-state index contributed by atoms with van der Waals surface area (Å²) in [5.74, 6) is 3.67. The third kappa shape index (κ3) is 2.72. The van der Waals surface area contributed by atoms with Gasteiger partial charge in [-0.1, -0.05) is 24.9 Å². The van der Waals surface area contributed by atoms with Crippen molar-refractivity contribution in [2.45, 2.75) is 49.5 Å². The quantitative estimate of drug-likeness (QED) is 0.888. The second kappa shape index (κ2) is 5.61. The highest BCUT2D eigenvalue weighted by Crippen LogP contribution is 2.31. The zero-order chi connectivity index (χ0) is 12.4. The van der Waals surface area contributed by atoms with Crippen molar-refractivity contribution >= 4 is 11.8 Å². The molecule has 0 aromatic carbocycles. The molecule has 1 saturated heterocycles. The summed E-state index contributed by atoms with van der Waals surface area (Å²) >= 11 is 1.99. The fraction of sp³-hybridized carbons (Fsp3) is 0.846. The van der Waals surface area contributed by atoms with Crippen LogP contribution in [0.3, 0.4) is 0 Å². The van der Waals surface area contributed by atoms with Crippen LogP contribution in [0.4, 0.5) is 0 Å². The van der Waals surface area contributed by atoms with Crippen LogP contribution in [-0.2, 0) is 5.75 Å². The minimum Gasteiger partial charge on any atom is -0.339 e. The molecular weight excluding hydrogens is 246 g/mol. The largest absolute Gasteiger partial charge is 0.339 e. The van der Waals surface area contributed by atoms with Crippen LogP contribution in [0.1, 0.15) is 50.2 Å². The third-order valence-corrected chi connectivity index (χ3v) is 5.51. The lowest BCUT2D eigenvalue weighted by Gasteiger charge is -2.30. The van der Waals surface area contributed by atoms with Gasteiger partial charge in [-0.15, -0.1) is 0 Å². The van der Waals surface area contributed by atoms with Gasteiger partial charge in [0, 0.05) is 11.2 Å². The molecule has 100 valence electrons. The topological polar surface area (TPSA) is 51.0 Å². The Morgan fingerprint density at radius 3 is 2.83 bits per heavy atom. The highest BCUT2D eigenvalue weighted by Gasteiger charge is 2.28. The molecule has 0 amide bonds. The van der Waals surface area contributed by atoms with Crippen molar-refractivity contribution < 1.29 is 4.52 Å². The number of nitrogens with one attached hydrogen (secondary N) is 1. The van der Waals surface area contributed by atoms with Gasteiger partial charge >= 0.3 is 0 Å². The summed E-state index contributed by atoms with van der Waals surface area (Å²) < 4.78 is 5.40. The molecule has 1 saturated carbocycles. The Labute approximate surface area is 112 Å². The van der Waals surface area contributed by atoms with Crippen molar-refractivity contribution in [1.82, 2.24) is 15.5 Å². The van der Waals surface area contributed by atoms with E-state index < -0.39 is 0 Å². The average molecular weight is 267 g/mol. The smallest absolute Gasteiger partial charge is 0.229 e. The molecule has 1 unspecified atom stereocenters. The SMILES string of the molecule is CC(c1nc(CSC2CCCC2)no1)C1CNC1. The molecule has 1 N–H and O–H groups in total. The lowest BCUT2D eigenvalue weighted by molar-refractivity contribution is 0.252. The Morgan fingerprint density at radius 1 is 1.39 bits per heavy atom. The molecule has 0 spiro atoms. The maximum Gasteiger partial charge on any atom is 0.229 e. The molecular formula is C13H21N3OS. The van der Waals surface area contributed by atoms with Crippen LogP contribution < -0.4 is 5.32 Å². The average Bonchev–Trinajstić information content (AvgIpc) is 2.95. The Bertz CT molecular complexity index is 385. The maximum absolute atomic E-state index is 5.40. The van der Waals surface area contributed by atoms with Crippen LogP contribution in [0, 0.1) is 5.92 Å². The van der Waals surface area contributed by atoms with E-state index in [0.29, 0.717) is 11.8 Å². The van der Waals surface area contributed by atoms with Gasteiger partial charge in [-0.25, -0.2) is 0 Å². The molecule has 1 aliphatic carbocycles. The van der Waals surface area contributed by atoms with Crippen molar-refractivity contribution in [1.29, 1.82) is 0 Å². The van der Waals surface area contributed by atoms with Gasteiger partial charge in [0.25, 0.3) is 0 Å². The summed E-state index contributed by atoms with van der Waals surface area (Å²) in [5, 5.41) is 8.22. The van der Waals surface area contributed by atoms with Crippen LogP contribution in [0.25, 0.3) is 0 Å². The van der Waals surface area contributed by atoms with Crippen LogP contribution in [0.15, 0.2) is 4.52 Å². The molecule has 2 aliphatic rings. The number of thioether (sulfide) groups is 1. The third-order valence-electron chi connectivity index (χ3n) is 4.14. The van der Waals surface area contributed by atoms with Gasteiger partial charge in [0.05, 0.1) is 5.75 Å². The van der Waals surface area contributed by atoms with Crippen LogP contribution in [0.2, 0.25) is 0 Å². The number of hydrogen-bond donors (Lipinski definition) is 1. The number of hydrogen-bond acceptors (Lipinski definition) is 5. The molecule has 0 radical (unpaired) electrons. The van der Waals surface area contributed by atoms with Gasteiger partial charge in [-0.05, 0) is 31.8 Å². The highest BCUT2D eigenvalue weighted by atomic mass is 32.2. The van der Waals surface area contributed by atoms with Crippen molar-refractivity contribution in [3.05, 3.63) is 11.7 Å².